The van der Waals surface area contributed by atoms with E-state index in [1.54, 1.807) is 0 Å². The van der Waals surface area contributed by atoms with Crippen molar-refractivity contribution >= 4 is 11.8 Å². The fourth-order valence-corrected chi connectivity index (χ4v) is 3.49. The molecule has 7 nitrogen and oxygen atoms in total. The third-order valence-electron chi connectivity index (χ3n) is 4.75. The van der Waals surface area contributed by atoms with Gasteiger partial charge in [0.05, 0.1) is 0 Å². The maximum atomic E-state index is 12.5. The highest BCUT2D eigenvalue weighted by molar-refractivity contribution is 5.94. The summed E-state index contributed by atoms with van der Waals surface area (Å²) in [5, 5.41) is 9.98. The Labute approximate surface area is 141 Å². The highest BCUT2D eigenvalue weighted by atomic mass is 16.5. The second kappa shape index (κ2) is 7.79. The van der Waals surface area contributed by atoms with Gasteiger partial charge < -0.3 is 19.9 Å². The van der Waals surface area contributed by atoms with Gasteiger partial charge in [0.15, 0.2) is 5.69 Å². The van der Waals surface area contributed by atoms with Crippen LogP contribution >= 0.6 is 0 Å². The molecule has 2 aliphatic carbocycles. The molecule has 2 amide bonds. The normalized spacial score (nSPS) is 20.6. The molecule has 0 bridgehead atoms. The molecule has 24 heavy (non-hydrogen) atoms. The monoisotopic (exact) mass is 335 g/mol. The number of hydrogen-bond donors (Lipinski definition) is 2. The molecule has 1 saturated carbocycles. The molecular weight excluding hydrogens is 310 g/mol. The van der Waals surface area contributed by atoms with E-state index in [1.807, 2.05) is 6.92 Å². The summed E-state index contributed by atoms with van der Waals surface area (Å²) in [5.41, 5.74) is 1.21. The maximum absolute atomic E-state index is 12.5. The minimum Gasteiger partial charge on any atom is -0.372 e. The number of aryl methyl sites for hydroxylation is 1. The lowest BCUT2D eigenvalue weighted by atomic mass is 9.91. The van der Waals surface area contributed by atoms with Crippen LogP contribution in [-0.4, -0.2) is 42.3 Å². The van der Waals surface area contributed by atoms with Crippen molar-refractivity contribution in [3.05, 3.63) is 17.0 Å². The Balaban J connectivity index is 1.61. The van der Waals surface area contributed by atoms with Gasteiger partial charge in [0.2, 0.25) is 5.91 Å². The Morgan fingerprint density at radius 3 is 2.75 bits per heavy atom. The van der Waals surface area contributed by atoms with Crippen LogP contribution < -0.4 is 10.6 Å². The van der Waals surface area contributed by atoms with Crippen molar-refractivity contribution in [1.29, 1.82) is 0 Å². The van der Waals surface area contributed by atoms with Gasteiger partial charge in [0.25, 0.3) is 5.91 Å². The number of amides is 2. The molecule has 2 N–H and O–H groups in total. The standard InChI is InChI=1S/C17H25N3O4/c1-2-23-10-15(21)18-12-7-8-14-13(9-12)16(20-24-14)17(22)19-11-5-3-4-6-11/h11-12H,2-10H2,1H3,(H,18,21)(H,19,22). The third-order valence-corrected chi connectivity index (χ3v) is 4.75. The lowest BCUT2D eigenvalue weighted by Gasteiger charge is -2.22. The first-order valence-corrected chi connectivity index (χ1v) is 8.82. The van der Waals surface area contributed by atoms with Gasteiger partial charge in [-0.05, 0) is 32.6 Å². The molecule has 0 radical (unpaired) electrons. The average Bonchev–Trinajstić information content (AvgIpc) is 3.21. The van der Waals surface area contributed by atoms with Crippen LogP contribution in [0.4, 0.5) is 0 Å². The topological polar surface area (TPSA) is 93.5 Å². The van der Waals surface area contributed by atoms with Crippen LogP contribution in [0.2, 0.25) is 0 Å². The molecule has 1 aromatic rings. The molecule has 1 unspecified atom stereocenters. The molecule has 1 atom stereocenters. The highest BCUT2D eigenvalue weighted by Crippen LogP contribution is 2.25. The maximum Gasteiger partial charge on any atom is 0.273 e. The molecule has 3 rings (SSSR count). The van der Waals surface area contributed by atoms with Gasteiger partial charge >= 0.3 is 0 Å². The fraction of sp³-hybridized carbons (Fsp3) is 0.706. The second-order valence-electron chi connectivity index (χ2n) is 6.53. The number of nitrogens with one attached hydrogen (secondary N) is 2. The first-order chi connectivity index (χ1) is 11.7. The summed E-state index contributed by atoms with van der Waals surface area (Å²) in [6, 6.07) is 0.234. The summed E-state index contributed by atoms with van der Waals surface area (Å²) in [6.45, 7) is 2.43. The molecule has 0 saturated heterocycles. The second-order valence-corrected chi connectivity index (χ2v) is 6.53. The number of aromatic nitrogens is 1. The molecule has 1 aromatic heterocycles. The smallest absolute Gasteiger partial charge is 0.273 e. The number of nitrogens with zero attached hydrogens (tertiary/aromatic N) is 1. The van der Waals surface area contributed by atoms with Crippen molar-refractivity contribution in [3.8, 4) is 0 Å². The Morgan fingerprint density at radius 2 is 2.00 bits per heavy atom. The summed E-state index contributed by atoms with van der Waals surface area (Å²) in [4.78, 5) is 24.3. The molecule has 1 heterocycles. The zero-order valence-corrected chi connectivity index (χ0v) is 14.1. The number of rotatable bonds is 6. The largest absolute Gasteiger partial charge is 0.372 e. The van der Waals surface area contributed by atoms with Gasteiger partial charge in [-0.1, -0.05) is 18.0 Å². The van der Waals surface area contributed by atoms with Crippen LogP contribution in [-0.2, 0) is 22.4 Å². The van der Waals surface area contributed by atoms with E-state index in [2.05, 4.69) is 15.8 Å². The fourth-order valence-electron chi connectivity index (χ4n) is 3.49. The van der Waals surface area contributed by atoms with E-state index < -0.39 is 0 Å². The highest BCUT2D eigenvalue weighted by Gasteiger charge is 2.30. The van der Waals surface area contributed by atoms with Crippen molar-refractivity contribution < 1.29 is 18.8 Å². The van der Waals surface area contributed by atoms with Crippen LogP contribution in [0.15, 0.2) is 4.52 Å². The van der Waals surface area contributed by atoms with E-state index in [1.165, 1.54) is 0 Å². The lowest BCUT2D eigenvalue weighted by Crippen LogP contribution is -2.41. The quantitative estimate of drug-likeness (QED) is 0.819. The predicted molar refractivity (Wildman–Crippen MR) is 86.7 cm³/mol. The molecular formula is C17H25N3O4. The lowest BCUT2D eigenvalue weighted by molar-refractivity contribution is -0.126. The zero-order valence-electron chi connectivity index (χ0n) is 14.1. The number of ether oxygens (including phenoxy) is 1. The Hall–Kier alpha value is -1.89. The first kappa shape index (κ1) is 17.0. The van der Waals surface area contributed by atoms with Crippen molar-refractivity contribution in [2.75, 3.05) is 13.2 Å². The van der Waals surface area contributed by atoms with Gasteiger partial charge in [0.1, 0.15) is 12.4 Å². The van der Waals surface area contributed by atoms with Gasteiger partial charge in [-0.2, -0.15) is 0 Å². The number of hydrogen-bond acceptors (Lipinski definition) is 5. The summed E-state index contributed by atoms with van der Waals surface area (Å²) in [5.74, 6) is 0.480. The van der Waals surface area contributed by atoms with Gasteiger partial charge in [-0.15, -0.1) is 0 Å². The molecule has 0 spiro atoms. The van der Waals surface area contributed by atoms with E-state index in [0.717, 1.165) is 43.4 Å². The molecule has 7 heteroatoms. The van der Waals surface area contributed by atoms with Crippen molar-refractivity contribution in [2.24, 2.45) is 0 Å². The van der Waals surface area contributed by atoms with Gasteiger partial charge in [0, 0.05) is 30.7 Å². The number of fused-ring (bicyclic) bond motifs is 1. The van der Waals surface area contributed by atoms with Crippen LogP contribution in [0.1, 0.15) is 60.8 Å². The van der Waals surface area contributed by atoms with E-state index in [0.29, 0.717) is 25.1 Å². The van der Waals surface area contributed by atoms with Crippen molar-refractivity contribution in [2.45, 2.75) is 64.0 Å². The van der Waals surface area contributed by atoms with Crippen LogP contribution in [0.5, 0.6) is 0 Å². The number of carbonyl (C=O) groups excluding carboxylic acids is 2. The van der Waals surface area contributed by atoms with Crippen molar-refractivity contribution in [1.82, 2.24) is 15.8 Å². The van der Waals surface area contributed by atoms with E-state index >= 15 is 0 Å². The van der Waals surface area contributed by atoms with Crippen LogP contribution in [0, 0.1) is 0 Å². The third kappa shape index (κ3) is 3.95. The van der Waals surface area contributed by atoms with Crippen LogP contribution in [0.3, 0.4) is 0 Å². The Bertz CT molecular complexity index is 593. The van der Waals surface area contributed by atoms with Crippen molar-refractivity contribution in [3.63, 3.8) is 0 Å². The SMILES string of the molecule is CCOCC(=O)NC1CCc2onc(C(=O)NC3CCCC3)c2C1. The molecule has 2 aliphatic rings. The van der Waals surface area contributed by atoms with Crippen LogP contribution in [0.25, 0.3) is 0 Å². The average molecular weight is 335 g/mol. The van der Waals surface area contributed by atoms with E-state index in [9.17, 15) is 9.59 Å². The summed E-state index contributed by atoms with van der Waals surface area (Å²) in [7, 11) is 0. The Kier molecular flexibility index (Phi) is 5.50. The van der Waals surface area contributed by atoms with E-state index in [-0.39, 0.29) is 30.5 Å². The molecule has 0 aliphatic heterocycles. The first-order valence-electron chi connectivity index (χ1n) is 8.82. The summed E-state index contributed by atoms with van der Waals surface area (Å²) < 4.78 is 10.5. The predicted octanol–water partition coefficient (Wildman–Crippen LogP) is 1.36. The molecule has 1 fully saturated rings. The minimum atomic E-state index is -0.159. The van der Waals surface area contributed by atoms with Gasteiger partial charge in [-0.25, -0.2) is 0 Å². The Morgan fingerprint density at radius 1 is 1.21 bits per heavy atom. The summed E-state index contributed by atoms with van der Waals surface area (Å²) >= 11 is 0. The zero-order chi connectivity index (χ0) is 16.9. The molecule has 0 aromatic carbocycles. The van der Waals surface area contributed by atoms with Gasteiger partial charge in [-0.3, -0.25) is 9.59 Å². The minimum absolute atomic E-state index is 0.0112. The molecule has 132 valence electrons. The number of carbonyl (C=O) groups is 2. The summed E-state index contributed by atoms with van der Waals surface area (Å²) in [6.07, 6.45) is 6.42. The van der Waals surface area contributed by atoms with E-state index in [4.69, 9.17) is 9.26 Å².